The molecule has 1 aromatic carbocycles. The maximum Gasteiger partial charge on any atom is 0.341 e. The summed E-state index contributed by atoms with van der Waals surface area (Å²) in [4.78, 5) is 24.5. The van der Waals surface area contributed by atoms with Gasteiger partial charge in [0, 0.05) is 12.3 Å². The van der Waals surface area contributed by atoms with Gasteiger partial charge in [-0.1, -0.05) is 98.9 Å². The predicted molar refractivity (Wildman–Crippen MR) is 159 cm³/mol. The Kier molecular flexibility index (Phi) is 19.6. The van der Waals surface area contributed by atoms with Crippen LogP contribution in [0.4, 0.5) is 0 Å². The molecule has 1 aromatic rings. The fraction of sp³-hybridized carbons (Fsp3) is 0.412. The van der Waals surface area contributed by atoms with E-state index in [2.05, 4.69) is 79.8 Å². The van der Waals surface area contributed by atoms with Gasteiger partial charge in [-0.3, -0.25) is 4.79 Å². The lowest BCUT2D eigenvalue weighted by atomic mass is 9.94. The third kappa shape index (κ3) is 16.4. The van der Waals surface area contributed by atoms with E-state index in [1.807, 2.05) is 6.92 Å². The van der Waals surface area contributed by atoms with Crippen molar-refractivity contribution in [1.82, 2.24) is 0 Å². The van der Waals surface area contributed by atoms with Gasteiger partial charge in [0.25, 0.3) is 0 Å². The minimum absolute atomic E-state index is 0.00604. The molecule has 4 nitrogen and oxygen atoms in total. The first kappa shape index (κ1) is 32.6. The van der Waals surface area contributed by atoms with Crippen LogP contribution in [0.3, 0.4) is 0 Å². The highest BCUT2D eigenvalue weighted by atomic mass is 16.5. The number of allylic oxidation sites excluding steroid dienone is 12. The summed E-state index contributed by atoms with van der Waals surface area (Å²) in [7, 11) is 0. The van der Waals surface area contributed by atoms with Crippen LogP contribution in [-0.4, -0.2) is 23.5 Å². The van der Waals surface area contributed by atoms with E-state index >= 15 is 0 Å². The third-order valence-corrected chi connectivity index (χ3v) is 5.89. The second-order valence-electron chi connectivity index (χ2n) is 8.98. The number of rotatable bonds is 20. The van der Waals surface area contributed by atoms with Crippen molar-refractivity contribution in [2.45, 2.75) is 78.1 Å². The molecule has 0 radical (unpaired) electrons. The normalized spacial score (nSPS) is 13.2. The fourth-order valence-corrected chi connectivity index (χ4v) is 3.65. The van der Waals surface area contributed by atoms with Crippen molar-refractivity contribution in [3.05, 3.63) is 103 Å². The van der Waals surface area contributed by atoms with Crippen molar-refractivity contribution < 1.29 is 19.4 Å². The number of hydrogen-bond acceptors (Lipinski definition) is 4. The minimum atomic E-state index is -0.569. The van der Waals surface area contributed by atoms with Crippen molar-refractivity contribution in [3.63, 3.8) is 0 Å². The topological polar surface area (TPSA) is 63.6 Å². The Labute approximate surface area is 230 Å². The first-order valence-corrected chi connectivity index (χ1v) is 14.0. The molecule has 0 saturated carbocycles. The zero-order valence-electron chi connectivity index (χ0n) is 23.3. The number of hydrogen-bond donors (Lipinski definition) is 1. The number of esters is 1. The maximum atomic E-state index is 12.5. The Morgan fingerprint density at radius 1 is 0.763 bits per heavy atom. The van der Waals surface area contributed by atoms with E-state index in [9.17, 15) is 14.7 Å². The molecule has 0 heterocycles. The average Bonchev–Trinajstić information content (AvgIpc) is 2.92. The highest BCUT2D eigenvalue weighted by molar-refractivity contribution is 5.92. The molecule has 0 aliphatic rings. The van der Waals surface area contributed by atoms with Gasteiger partial charge in [0.1, 0.15) is 17.1 Å². The maximum absolute atomic E-state index is 12.5. The first-order chi connectivity index (χ1) is 18.6. The van der Waals surface area contributed by atoms with Gasteiger partial charge in [0.2, 0.25) is 0 Å². The summed E-state index contributed by atoms with van der Waals surface area (Å²) in [5.74, 6) is -0.476. The van der Waals surface area contributed by atoms with Crippen LogP contribution >= 0.6 is 0 Å². The molecule has 0 spiro atoms. The van der Waals surface area contributed by atoms with E-state index in [4.69, 9.17) is 4.74 Å². The van der Waals surface area contributed by atoms with Gasteiger partial charge in [-0.2, -0.15) is 0 Å². The molecule has 0 aliphatic heterocycles. The predicted octanol–water partition coefficient (Wildman–Crippen LogP) is 9.01. The molecule has 0 fully saturated rings. The van der Waals surface area contributed by atoms with Crippen LogP contribution in [0.1, 0.15) is 88.4 Å². The number of ketones is 1. The van der Waals surface area contributed by atoms with Crippen molar-refractivity contribution >= 4 is 11.8 Å². The van der Waals surface area contributed by atoms with E-state index in [-0.39, 0.29) is 29.6 Å². The molecule has 1 unspecified atom stereocenters. The van der Waals surface area contributed by atoms with Gasteiger partial charge >= 0.3 is 5.97 Å². The van der Waals surface area contributed by atoms with E-state index in [0.29, 0.717) is 12.8 Å². The minimum Gasteiger partial charge on any atom is -0.507 e. The second-order valence-corrected chi connectivity index (χ2v) is 8.98. The zero-order valence-corrected chi connectivity index (χ0v) is 23.3. The number of aromatic hydroxyl groups is 1. The number of phenols is 1. The van der Waals surface area contributed by atoms with Gasteiger partial charge in [-0.05, 0) is 69.9 Å². The fourth-order valence-electron chi connectivity index (χ4n) is 3.65. The molecule has 4 heteroatoms. The zero-order chi connectivity index (χ0) is 27.7. The van der Waals surface area contributed by atoms with E-state index in [0.717, 1.165) is 51.4 Å². The molecule has 206 valence electrons. The molecule has 0 bridgehead atoms. The molecular weight excluding hydrogens is 472 g/mol. The molecule has 1 rings (SSSR count). The number of carbonyl (C=O) groups is 2. The first-order valence-electron chi connectivity index (χ1n) is 14.0. The van der Waals surface area contributed by atoms with E-state index < -0.39 is 5.97 Å². The lowest BCUT2D eigenvalue weighted by Gasteiger charge is -2.11. The summed E-state index contributed by atoms with van der Waals surface area (Å²) in [5, 5.41) is 9.70. The Morgan fingerprint density at radius 3 is 1.76 bits per heavy atom. The van der Waals surface area contributed by atoms with Gasteiger partial charge in [0.05, 0.1) is 6.61 Å². The number of phenolic OH excluding ortho intramolecular Hbond substituents is 1. The van der Waals surface area contributed by atoms with Gasteiger partial charge in [-0.25, -0.2) is 4.79 Å². The highest BCUT2D eigenvalue weighted by Gasteiger charge is 2.15. The quantitative estimate of drug-likeness (QED) is 0.106. The largest absolute Gasteiger partial charge is 0.507 e. The van der Waals surface area contributed by atoms with Crippen molar-refractivity contribution in [2.75, 3.05) is 6.61 Å². The molecule has 38 heavy (non-hydrogen) atoms. The summed E-state index contributed by atoms with van der Waals surface area (Å²) in [6, 6.07) is 6.28. The van der Waals surface area contributed by atoms with Crippen LogP contribution < -0.4 is 0 Å². The van der Waals surface area contributed by atoms with Crippen LogP contribution in [-0.2, 0) is 9.53 Å². The lowest BCUT2D eigenvalue weighted by molar-refractivity contribution is -0.123. The Morgan fingerprint density at radius 2 is 1.26 bits per heavy atom. The van der Waals surface area contributed by atoms with Crippen LogP contribution in [0.5, 0.6) is 5.75 Å². The molecule has 1 atom stereocenters. The summed E-state index contributed by atoms with van der Waals surface area (Å²) in [6.07, 6.45) is 34.3. The molecule has 0 aliphatic carbocycles. The number of ether oxygens (including phenoxy) is 1. The monoisotopic (exact) mass is 518 g/mol. The Bertz CT molecular complexity index is 962. The Balaban J connectivity index is 2.13. The third-order valence-electron chi connectivity index (χ3n) is 5.89. The number of benzene rings is 1. The summed E-state index contributed by atoms with van der Waals surface area (Å²) in [6.45, 7) is 4.34. The van der Waals surface area contributed by atoms with Gasteiger partial charge in [0.15, 0.2) is 0 Å². The standard InChI is InChI=1S/C34H46O4/c1-3-5-6-7-8-9-10-11-12-13-14-15-16-17-18-19-20-21-25-30(4-2)32(35)28-24-29-38-34(37)31-26-22-23-27-33(31)36/h5-6,8-9,11-12,14-15,17-18,20-23,26-27,30,36H,3-4,7,10,13,16,19,24-25,28-29H2,1-2H3/b6-5-,9-8-,12-11-,15-14-,18-17-,21-20-. The van der Waals surface area contributed by atoms with Crippen LogP contribution in [0, 0.1) is 5.92 Å². The SMILES string of the molecule is CC/C=C\C/C=C\C/C=C\C/C=C\C/C=C\C/C=C\CC(CC)C(=O)CCCOC(=O)c1ccccc1O. The molecule has 0 amide bonds. The van der Waals surface area contributed by atoms with Crippen LogP contribution in [0.2, 0.25) is 0 Å². The molecular formula is C34H46O4. The summed E-state index contributed by atoms with van der Waals surface area (Å²) in [5.41, 5.74) is 0.142. The van der Waals surface area contributed by atoms with Crippen molar-refractivity contribution in [2.24, 2.45) is 5.92 Å². The van der Waals surface area contributed by atoms with Crippen molar-refractivity contribution in [1.29, 1.82) is 0 Å². The smallest absolute Gasteiger partial charge is 0.341 e. The summed E-state index contributed by atoms with van der Waals surface area (Å²) >= 11 is 0. The second kappa shape index (κ2) is 22.8. The Hall–Kier alpha value is -3.40. The average molecular weight is 519 g/mol. The van der Waals surface area contributed by atoms with Crippen LogP contribution in [0.15, 0.2) is 97.2 Å². The summed E-state index contributed by atoms with van der Waals surface area (Å²) < 4.78 is 5.19. The molecule has 0 saturated heterocycles. The number of Topliss-reactive ketones (excluding diaryl/α,β-unsaturated/α-hetero) is 1. The van der Waals surface area contributed by atoms with Gasteiger partial charge in [-0.15, -0.1) is 0 Å². The van der Waals surface area contributed by atoms with E-state index in [1.54, 1.807) is 12.1 Å². The van der Waals surface area contributed by atoms with E-state index in [1.165, 1.54) is 12.1 Å². The number of para-hydroxylation sites is 1. The highest BCUT2D eigenvalue weighted by Crippen LogP contribution is 2.17. The van der Waals surface area contributed by atoms with Gasteiger partial charge < -0.3 is 9.84 Å². The lowest BCUT2D eigenvalue weighted by Crippen LogP contribution is -2.14. The van der Waals surface area contributed by atoms with Crippen molar-refractivity contribution in [3.8, 4) is 5.75 Å². The molecule has 1 N–H and O–H groups in total. The molecule has 0 aromatic heterocycles. The number of carbonyl (C=O) groups excluding carboxylic acids is 2. The van der Waals surface area contributed by atoms with Crippen LogP contribution in [0.25, 0.3) is 0 Å².